The summed E-state index contributed by atoms with van der Waals surface area (Å²) in [4.78, 5) is 32.5. The quantitative estimate of drug-likeness (QED) is 0.828. The van der Waals surface area contributed by atoms with Crippen molar-refractivity contribution >= 4 is 23.2 Å². The van der Waals surface area contributed by atoms with Crippen LogP contribution in [0.3, 0.4) is 0 Å². The Bertz CT molecular complexity index is 576. The fourth-order valence-electron chi connectivity index (χ4n) is 3.13. The summed E-state index contributed by atoms with van der Waals surface area (Å²) in [5.74, 6) is 0.268. The Kier molecular flexibility index (Phi) is 4.49. The molecule has 0 N–H and O–H groups in total. The van der Waals surface area contributed by atoms with Gasteiger partial charge in [0.05, 0.1) is 4.88 Å². The number of thiophene rings is 1. The fraction of sp³-hybridized carbons (Fsp3) is 0.625. The van der Waals surface area contributed by atoms with Gasteiger partial charge < -0.3 is 14.7 Å². The number of rotatable bonds is 2. The van der Waals surface area contributed by atoms with Crippen LogP contribution in [0.15, 0.2) is 6.07 Å². The number of likely N-dealkylation sites (N-methyl/N-ethyl adjacent to an activating group) is 1. The lowest BCUT2D eigenvalue weighted by Gasteiger charge is -2.33. The molecule has 3 heterocycles. The highest BCUT2D eigenvalue weighted by atomic mass is 32.1. The van der Waals surface area contributed by atoms with Gasteiger partial charge in [-0.05, 0) is 24.6 Å². The van der Waals surface area contributed by atoms with Gasteiger partial charge in [0.1, 0.15) is 0 Å². The van der Waals surface area contributed by atoms with E-state index in [1.807, 2.05) is 15.9 Å². The van der Waals surface area contributed by atoms with Crippen molar-refractivity contribution in [2.45, 2.75) is 26.8 Å². The zero-order valence-electron chi connectivity index (χ0n) is 13.3. The minimum absolute atomic E-state index is 0.111. The highest BCUT2D eigenvalue weighted by Crippen LogP contribution is 2.29. The van der Waals surface area contributed by atoms with Crippen LogP contribution in [0, 0.1) is 0 Å². The molecule has 0 radical (unpaired) electrons. The predicted octanol–water partition coefficient (Wildman–Crippen LogP) is 1.43. The molecule has 22 heavy (non-hydrogen) atoms. The van der Waals surface area contributed by atoms with Crippen molar-refractivity contribution < 1.29 is 9.59 Å². The summed E-state index contributed by atoms with van der Waals surface area (Å²) in [5.41, 5.74) is 1.15. The fourth-order valence-corrected chi connectivity index (χ4v) is 4.26. The molecule has 0 bridgehead atoms. The van der Waals surface area contributed by atoms with Crippen LogP contribution in [0.4, 0.5) is 0 Å². The Hall–Kier alpha value is -1.40. The average molecular weight is 321 g/mol. The smallest absolute Gasteiger partial charge is 0.264 e. The Morgan fingerprint density at radius 1 is 1.14 bits per heavy atom. The van der Waals surface area contributed by atoms with Gasteiger partial charge in [-0.25, -0.2) is 0 Å². The minimum Gasteiger partial charge on any atom is -0.338 e. The third kappa shape index (κ3) is 3.03. The molecule has 120 valence electrons. The van der Waals surface area contributed by atoms with Crippen molar-refractivity contribution in [2.24, 2.45) is 0 Å². The summed E-state index contributed by atoms with van der Waals surface area (Å²) < 4.78 is 0. The van der Waals surface area contributed by atoms with E-state index in [0.29, 0.717) is 6.54 Å². The number of carbonyl (C=O) groups excluding carboxylic acids is 2. The third-order valence-corrected chi connectivity index (χ3v) is 5.85. The zero-order valence-corrected chi connectivity index (χ0v) is 14.1. The molecule has 2 amide bonds. The molecule has 6 heteroatoms. The molecule has 0 saturated carbocycles. The SMILES string of the molecule is CCN1CCN(C(=O)c2cc3c(s2)CCN(C(C)=O)C3)CC1. The van der Waals surface area contributed by atoms with E-state index in [0.717, 1.165) is 56.1 Å². The lowest BCUT2D eigenvalue weighted by atomic mass is 10.1. The highest BCUT2D eigenvalue weighted by molar-refractivity contribution is 7.14. The highest BCUT2D eigenvalue weighted by Gasteiger charge is 2.26. The van der Waals surface area contributed by atoms with Crippen molar-refractivity contribution in [2.75, 3.05) is 39.3 Å². The van der Waals surface area contributed by atoms with Crippen LogP contribution in [-0.2, 0) is 17.8 Å². The molecule has 1 saturated heterocycles. The van der Waals surface area contributed by atoms with Crippen molar-refractivity contribution in [1.82, 2.24) is 14.7 Å². The number of amides is 2. The van der Waals surface area contributed by atoms with E-state index in [1.165, 1.54) is 4.88 Å². The van der Waals surface area contributed by atoms with E-state index in [4.69, 9.17) is 0 Å². The molecule has 0 unspecified atom stereocenters. The van der Waals surface area contributed by atoms with Crippen LogP contribution in [0.2, 0.25) is 0 Å². The van der Waals surface area contributed by atoms with Gasteiger partial charge in [-0.1, -0.05) is 6.92 Å². The number of carbonyl (C=O) groups is 2. The maximum atomic E-state index is 12.7. The predicted molar refractivity (Wildman–Crippen MR) is 87.1 cm³/mol. The second-order valence-electron chi connectivity index (χ2n) is 5.98. The Labute approximate surface area is 135 Å². The van der Waals surface area contributed by atoms with Gasteiger partial charge >= 0.3 is 0 Å². The summed E-state index contributed by atoms with van der Waals surface area (Å²) in [6.07, 6.45) is 0.872. The van der Waals surface area contributed by atoms with Gasteiger partial charge in [0.25, 0.3) is 5.91 Å². The zero-order chi connectivity index (χ0) is 15.7. The topological polar surface area (TPSA) is 43.9 Å². The van der Waals surface area contributed by atoms with Gasteiger partial charge in [-0.3, -0.25) is 9.59 Å². The van der Waals surface area contributed by atoms with Crippen molar-refractivity contribution in [3.63, 3.8) is 0 Å². The van der Waals surface area contributed by atoms with Crippen molar-refractivity contribution in [1.29, 1.82) is 0 Å². The molecule has 2 aliphatic rings. The van der Waals surface area contributed by atoms with E-state index in [1.54, 1.807) is 18.3 Å². The molecule has 1 aromatic heterocycles. The van der Waals surface area contributed by atoms with E-state index < -0.39 is 0 Å². The Morgan fingerprint density at radius 3 is 2.50 bits per heavy atom. The van der Waals surface area contributed by atoms with Crippen LogP contribution in [0.25, 0.3) is 0 Å². The molecule has 3 rings (SSSR count). The first kappa shape index (κ1) is 15.5. The molecule has 0 spiro atoms. The number of nitrogens with zero attached hydrogens (tertiary/aromatic N) is 3. The standard InChI is InChI=1S/C16H23N3O2S/c1-3-17-6-8-18(9-7-17)16(21)15-10-13-11-19(12(2)20)5-4-14(13)22-15/h10H,3-9,11H2,1-2H3. The molecule has 1 fully saturated rings. The molecule has 0 aliphatic carbocycles. The summed E-state index contributed by atoms with van der Waals surface area (Å²) in [7, 11) is 0. The van der Waals surface area contributed by atoms with Crippen LogP contribution in [0.1, 0.15) is 34.0 Å². The first-order valence-corrected chi connectivity index (χ1v) is 8.79. The number of piperazine rings is 1. The molecular formula is C16H23N3O2S. The third-order valence-electron chi connectivity index (χ3n) is 4.63. The van der Waals surface area contributed by atoms with Crippen molar-refractivity contribution in [3.8, 4) is 0 Å². The maximum absolute atomic E-state index is 12.7. The maximum Gasteiger partial charge on any atom is 0.264 e. The van der Waals surface area contributed by atoms with E-state index in [9.17, 15) is 9.59 Å². The summed E-state index contributed by atoms with van der Waals surface area (Å²) >= 11 is 1.61. The van der Waals surface area contributed by atoms with E-state index >= 15 is 0 Å². The van der Waals surface area contributed by atoms with Crippen molar-refractivity contribution in [3.05, 3.63) is 21.4 Å². The summed E-state index contributed by atoms with van der Waals surface area (Å²) in [6, 6.07) is 2.00. The Morgan fingerprint density at radius 2 is 1.86 bits per heavy atom. The van der Waals surface area contributed by atoms with Gasteiger partial charge in [-0.15, -0.1) is 11.3 Å². The monoisotopic (exact) mass is 321 g/mol. The first-order chi connectivity index (χ1) is 10.6. The lowest BCUT2D eigenvalue weighted by Crippen LogP contribution is -2.48. The summed E-state index contributed by atoms with van der Waals surface area (Å²) in [6.45, 7) is 9.79. The molecule has 0 atom stereocenters. The number of hydrogen-bond acceptors (Lipinski definition) is 4. The van der Waals surface area contributed by atoms with E-state index in [2.05, 4.69) is 11.8 Å². The Balaban J connectivity index is 1.69. The second-order valence-corrected chi connectivity index (χ2v) is 7.11. The summed E-state index contributed by atoms with van der Waals surface area (Å²) in [5, 5.41) is 0. The lowest BCUT2D eigenvalue weighted by molar-refractivity contribution is -0.129. The van der Waals surface area contributed by atoms with Gasteiger partial charge in [0, 0.05) is 51.1 Å². The minimum atomic E-state index is 0.111. The molecule has 1 aromatic rings. The second kappa shape index (κ2) is 6.38. The number of hydrogen-bond donors (Lipinski definition) is 0. The van der Waals surface area contributed by atoms with Gasteiger partial charge in [0.15, 0.2) is 0 Å². The molecule has 2 aliphatic heterocycles. The molecule has 0 aromatic carbocycles. The van der Waals surface area contributed by atoms with Crippen LogP contribution >= 0.6 is 11.3 Å². The van der Waals surface area contributed by atoms with Gasteiger partial charge in [-0.2, -0.15) is 0 Å². The van der Waals surface area contributed by atoms with E-state index in [-0.39, 0.29) is 11.8 Å². The number of fused-ring (bicyclic) bond motifs is 1. The first-order valence-electron chi connectivity index (χ1n) is 7.97. The van der Waals surface area contributed by atoms with Crippen LogP contribution < -0.4 is 0 Å². The molecular weight excluding hydrogens is 298 g/mol. The molecule has 5 nitrogen and oxygen atoms in total. The van der Waals surface area contributed by atoms with Crippen LogP contribution in [0.5, 0.6) is 0 Å². The normalized spacial score (nSPS) is 19.2. The van der Waals surface area contributed by atoms with Crippen LogP contribution in [-0.4, -0.2) is 65.8 Å². The average Bonchev–Trinajstić information content (AvgIpc) is 2.97. The van der Waals surface area contributed by atoms with Gasteiger partial charge in [0.2, 0.25) is 5.91 Å². The largest absolute Gasteiger partial charge is 0.338 e.